The molecule has 52 valence electrons. The van der Waals surface area contributed by atoms with Gasteiger partial charge in [-0.05, 0) is 6.92 Å². The van der Waals surface area contributed by atoms with Gasteiger partial charge in [0.15, 0.2) is 0 Å². The zero-order valence-corrected chi connectivity index (χ0v) is 5.99. The highest BCUT2D eigenvalue weighted by atomic mass is 14.8. The summed E-state index contributed by atoms with van der Waals surface area (Å²) in [6.07, 6.45) is 0. The van der Waals surface area contributed by atoms with Crippen LogP contribution >= 0.6 is 0 Å². The monoisotopic (exact) mass is 134 g/mol. The molecule has 0 bridgehead atoms. The van der Waals surface area contributed by atoms with E-state index in [0.29, 0.717) is 0 Å². The Morgan fingerprint density at radius 2 is 1.70 bits per heavy atom. The van der Waals surface area contributed by atoms with E-state index in [2.05, 4.69) is 30.6 Å². The van der Waals surface area contributed by atoms with Crippen molar-refractivity contribution in [2.75, 3.05) is 0 Å². The molecule has 0 aliphatic rings. The largest absolute Gasteiger partial charge is 0.362 e. The van der Waals surface area contributed by atoms with Crippen LogP contribution in [0, 0.1) is 6.92 Å². The summed E-state index contributed by atoms with van der Waals surface area (Å²) in [6, 6.07) is 10.3. The molecule has 0 aromatic heterocycles. The van der Waals surface area contributed by atoms with Crippen LogP contribution in [0.4, 0.5) is 0 Å². The summed E-state index contributed by atoms with van der Waals surface area (Å²) in [7, 11) is 0. The lowest BCUT2D eigenvalue weighted by atomic mass is 10.2. The van der Waals surface area contributed by atoms with Gasteiger partial charge in [-0.25, -0.2) is 0 Å². The van der Waals surface area contributed by atoms with Gasteiger partial charge in [0.2, 0.25) is 6.72 Å². The van der Waals surface area contributed by atoms with Gasteiger partial charge in [0.05, 0.1) is 0 Å². The molecule has 0 atom stereocenters. The third kappa shape index (κ3) is 4.75. The topological polar surface area (TPSA) is 36.4 Å². The van der Waals surface area contributed by atoms with Crippen LogP contribution in [0.1, 0.15) is 5.56 Å². The highest BCUT2D eigenvalue weighted by Crippen LogP contribution is 1.92. The van der Waals surface area contributed by atoms with E-state index in [9.17, 15) is 0 Å². The molecule has 10 heavy (non-hydrogen) atoms. The van der Waals surface area contributed by atoms with Gasteiger partial charge in [0.1, 0.15) is 0 Å². The van der Waals surface area contributed by atoms with Crippen LogP contribution in [0.15, 0.2) is 30.3 Å². The van der Waals surface area contributed by atoms with Crippen molar-refractivity contribution in [1.82, 2.24) is 0 Å². The van der Waals surface area contributed by atoms with E-state index in [4.69, 9.17) is 5.53 Å². The fourth-order valence-corrected chi connectivity index (χ4v) is 0.534. The van der Waals surface area contributed by atoms with Crippen LogP contribution in [0.3, 0.4) is 0 Å². The van der Waals surface area contributed by atoms with Crippen molar-refractivity contribution in [3.63, 3.8) is 0 Å². The molecule has 0 saturated carbocycles. The first-order valence-corrected chi connectivity index (χ1v) is 2.93. The van der Waals surface area contributed by atoms with Gasteiger partial charge in [-0.3, -0.25) is 0 Å². The van der Waals surface area contributed by atoms with Crippen LogP contribution in [-0.4, -0.2) is 11.5 Å². The highest BCUT2D eigenvalue weighted by Gasteiger charge is 1.72. The first kappa shape index (κ1) is 8.60. The Kier molecular flexibility index (Phi) is 4.93. The van der Waals surface area contributed by atoms with E-state index < -0.39 is 0 Å². The highest BCUT2D eigenvalue weighted by molar-refractivity contribution is 5.12. The fraction of sp³-hybridized carbons (Fsp3) is 0.125. The molecule has 2 heteroatoms. The van der Waals surface area contributed by atoms with E-state index in [-0.39, 0.29) is 0 Å². The molecule has 0 spiro atoms. The van der Waals surface area contributed by atoms with E-state index in [1.54, 1.807) is 0 Å². The summed E-state index contributed by atoms with van der Waals surface area (Å²) >= 11 is 0. The Bertz CT molecular complexity index is 198. The summed E-state index contributed by atoms with van der Waals surface area (Å²) in [5.41, 5.74) is 8.41. The lowest BCUT2D eigenvalue weighted by Crippen LogP contribution is -1.62. The zero-order valence-electron chi connectivity index (χ0n) is 5.99. The van der Waals surface area contributed by atoms with E-state index in [1.165, 1.54) is 5.56 Å². The maximum Gasteiger partial charge on any atom is 0.245 e. The number of hydrogen-bond donors (Lipinski definition) is 0. The van der Waals surface area contributed by atoms with Crippen molar-refractivity contribution < 1.29 is 4.79 Å². The lowest BCUT2D eigenvalue weighted by Gasteiger charge is -1.82. The molecule has 2 nitrogen and oxygen atoms in total. The molecule has 1 aromatic carbocycles. The molecule has 0 aliphatic carbocycles. The first-order valence-electron chi connectivity index (χ1n) is 2.93. The van der Waals surface area contributed by atoms with Crippen molar-refractivity contribution in [2.45, 2.75) is 6.92 Å². The van der Waals surface area contributed by atoms with Gasteiger partial charge < -0.3 is 5.53 Å². The molecule has 0 saturated heterocycles. The van der Waals surface area contributed by atoms with Crippen molar-refractivity contribution >= 4 is 6.72 Å². The minimum absolute atomic E-state index is 1.32. The second-order valence-corrected chi connectivity index (χ2v) is 1.80. The molecule has 0 N–H and O–H groups in total. The fourth-order valence-electron chi connectivity index (χ4n) is 0.534. The van der Waals surface area contributed by atoms with Crippen LogP contribution in [-0.2, 0) is 0 Å². The third-order valence-electron chi connectivity index (χ3n) is 0.940. The maximum atomic E-state index is 7.08. The normalized spacial score (nSPS) is 6.90. The molecular weight excluding hydrogens is 124 g/mol. The predicted molar refractivity (Wildman–Crippen MR) is 41.9 cm³/mol. The van der Waals surface area contributed by atoms with E-state index in [0.717, 1.165) is 0 Å². The molecule has 0 amide bonds. The Morgan fingerprint density at radius 1 is 1.30 bits per heavy atom. The number of hydrogen-bond acceptors (Lipinski definition) is 0. The van der Waals surface area contributed by atoms with Crippen molar-refractivity contribution in [1.29, 1.82) is 0 Å². The first-order chi connectivity index (χ1) is 4.81. The summed E-state index contributed by atoms with van der Waals surface area (Å²) in [5, 5.41) is 0. The van der Waals surface area contributed by atoms with Crippen LogP contribution in [0.25, 0.3) is 5.53 Å². The smallest absolute Gasteiger partial charge is 0.245 e. The van der Waals surface area contributed by atoms with Gasteiger partial charge in [-0.2, -0.15) is 4.79 Å². The molecule has 0 unspecified atom stereocenters. The van der Waals surface area contributed by atoms with Crippen LogP contribution in [0.5, 0.6) is 0 Å². The van der Waals surface area contributed by atoms with Crippen molar-refractivity contribution in [2.24, 2.45) is 0 Å². The number of benzene rings is 1. The summed E-state index contributed by atoms with van der Waals surface area (Å²) < 4.78 is 0. The van der Waals surface area contributed by atoms with Crippen LogP contribution < -0.4 is 0 Å². The molecule has 1 aromatic rings. The zero-order chi connectivity index (χ0) is 7.82. The quantitative estimate of drug-likeness (QED) is 0.295. The number of rotatable bonds is 0. The molecular formula is C8H10N2. The predicted octanol–water partition coefficient (Wildman–Crippen LogP) is 1.91. The standard InChI is InChI=1S/C7H8.CH2N2/c1-7-5-3-2-4-6-7;1-3-2/h2-6H,1H3;1H2. The summed E-state index contributed by atoms with van der Waals surface area (Å²) in [4.78, 5) is 2.25. The SMILES string of the molecule is C=[N+]=[N-].Cc1ccccc1. The number of aryl methyl sites for hydroxylation is 1. The Morgan fingerprint density at radius 3 is 1.90 bits per heavy atom. The number of nitrogens with zero attached hydrogens (tertiary/aromatic N) is 2. The van der Waals surface area contributed by atoms with Crippen molar-refractivity contribution in [3.8, 4) is 0 Å². The van der Waals surface area contributed by atoms with Gasteiger partial charge in [-0.1, -0.05) is 35.9 Å². The average molecular weight is 134 g/mol. The Labute approximate surface area is 60.7 Å². The Hall–Kier alpha value is -1.40. The molecule has 0 aliphatic heterocycles. The van der Waals surface area contributed by atoms with Crippen molar-refractivity contribution in [3.05, 3.63) is 41.4 Å². The average Bonchev–Trinajstić information content (AvgIpc) is 1.91. The maximum absolute atomic E-state index is 7.08. The Balaban J connectivity index is 0.000000236. The van der Waals surface area contributed by atoms with E-state index >= 15 is 0 Å². The molecule has 0 heterocycles. The van der Waals surface area contributed by atoms with Crippen LogP contribution in [0.2, 0.25) is 0 Å². The molecule has 0 radical (unpaired) electrons. The second-order valence-electron chi connectivity index (χ2n) is 1.80. The third-order valence-corrected chi connectivity index (χ3v) is 0.940. The van der Waals surface area contributed by atoms with Gasteiger partial charge in [0.25, 0.3) is 0 Å². The minimum atomic E-state index is 1.32. The second kappa shape index (κ2) is 5.73. The summed E-state index contributed by atoms with van der Waals surface area (Å²) in [5.74, 6) is 0. The lowest BCUT2D eigenvalue weighted by molar-refractivity contribution is 0.0110. The molecule has 1 rings (SSSR count). The van der Waals surface area contributed by atoms with Gasteiger partial charge in [0, 0.05) is 0 Å². The minimum Gasteiger partial charge on any atom is -0.362 e. The van der Waals surface area contributed by atoms with Gasteiger partial charge in [-0.15, -0.1) is 0 Å². The molecule has 0 fully saturated rings. The van der Waals surface area contributed by atoms with Gasteiger partial charge >= 0.3 is 0 Å². The van der Waals surface area contributed by atoms with E-state index in [1.807, 2.05) is 18.2 Å². The summed E-state index contributed by atoms with van der Waals surface area (Å²) in [6.45, 7) is 4.75.